The summed E-state index contributed by atoms with van der Waals surface area (Å²) in [6, 6.07) is 10.6. The second kappa shape index (κ2) is 7.59. The summed E-state index contributed by atoms with van der Waals surface area (Å²) in [6.07, 6.45) is -5.16. The Morgan fingerprint density at radius 3 is 2.56 bits per heavy atom. The van der Waals surface area contributed by atoms with Gasteiger partial charge < -0.3 is 10.1 Å². The van der Waals surface area contributed by atoms with Gasteiger partial charge in [0, 0.05) is 6.54 Å². The van der Waals surface area contributed by atoms with Gasteiger partial charge in [-0.3, -0.25) is 4.79 Å². The quantitative estimate of drug-likeness (QED) is 0.867. The summed E-state index contributed by atoms with van der Waals surface area (Å²) in [7, 11) is 0. The third-order valence-electron chi connectivity index (χ3n) is 3.74. The smallest absolute Gasteiger partial charge is 0.416 e. The molecule has 0 unspecified atom stereocenters. The fourth-order valence-electron chi connectivity index (χ4n) is 2.27. The molecule has 2 aromatic carbocycles. The van der Waals surface area contributed by atoms with Gasteiger partial charge >= 0.3 is 6.18 Å². The zero-order valence-electron chi connectivity index (χ0n) is 14.3. The molecule has 0 heterocycles. The van der Waals surface area contributed by atoms with Crippen molar-refractivity contribution >= 4 is 5.91 Å². The third kappa shape index (κ3) is 5.24. The fourth-order valence-corrected chi connectivity index (χ4v) is 2.27. The van der Waals surface area contributed by atoms with Crippen molar-refractivity contribution in [1.29, 1.82) is 0 Å². The van der Waals surface area contributed by atoms with Gasteiger partial charge in [-0.15, -0.1) is 0 Å². The van der Waals surface area contributed by atoms with Gasteiger partial charge in [0.05, 0.1) is 5.56 Å². The van der Waals surface area contributed by atoms with E-state index in [0.717, 1.165) is 23.3 Å². The average molecular weight is 351 g/mol. The molecule has 3 nitrogen and oxygen atoms in total. The predicted octanol–water partition coefficient (Wildman–Crippen LogP) is 4.41. The Morgan fingerprint density at radius 1 is 1.16 bits per heavy atom. The van der Waals surface area contributed by atoms with Gasteiger partial charge in [0.2, 0.25) is 0 Å². The van der Waals surface area contributed by atoms with Gasteiger partial charge in [-0.25, -0.2) is 0 Å². The normalized spacial score (nSPS) is 12.6. The number of hydrogen-bond acceptors (Lipinski definition) is 2. The molecule has 0 bridgehead atoms. The molecule has 0 radical (unpaired) electrons. The summed E-state index contributed by atoms with van der Waals surface area (Å²) in [5, 5.41) is 2.60. The van der Waals surface area contributed by atoms with Crippen LogP contribution < -0.4 is 10.1 Å². The molecule has 0 aliphatic rings. The molecule has 1 amide bonds. The number of aryl methyl sites for hydroxylation is 2. The number of halogens is 3. The van der Waals surface area contributed by atoms with Crippen LogP contribution in [-0.2, 0) is 17.5 Å². The lowest BCUT2D eigenvalue weighted by atomic mass is 10.1. The van der Waals surface area contributed by atoms with E-state index in [-0.39, 0.29) is 6.54 Å². The second-order valence-electron chi connectivity index (χ2n) is 5.94. The van der Waals surface area contributed by atoms with Gasteiger partial charge in [0.15, 0.2) is 6.10 Å². The van der Waals surface area contributed by atoms with Crippen molar-refractivity contribution < 1.29 is 22.7 Å². The first kappa shape index (κ1) is 18.8. The Kier molecular flexibility index (Phi) is 5.72. The van der Waals surface area contributed by atoms with Crippen LogP contribution in [0.4, 0.5) is 13.2 Å². The number of carbonyl (C=O) groups excluding carboxylic acids is 1. The zero-order chi connectivity index (χ0) is 18.6. The standard InChI is InChI=1S/C19H20F3NO2/c1-12-7-8-13(2)17(9-12)25-14(3)18(24)23-11-15-5-4-6-16(10-15)19(20,21)22/h4-10,14H,11H2,1-3H3,(H,23,24)/t14-/m0/s1. The van der Waals surface area contributed by atoms with E-state index in [1.807, 2.05) is 32.0 Å². The van der Waals surface area contributed by atoms with E-state index in [4.69, 9.17) is 4.74 Å². The highest BCUT2D eigenvalue weighted by Crippen LogP contribution is 2.29. The molecule has 0 saturated carbocycles. The van der Waals surface area contributed by atoms with Crippen molar-refractivity contribution in [3.8, 4) is 5.75 Å². The van der Waals surface area contributed by atoms with Crippen LogP contribution in [0.5, 0.6) is 5.75 Å². The van der Waals surface area contributed by atoms with Gasteiger partial charge in [0.1, 0.15) is 5.75 Å². The molecule has 6 heteroatoms. The van der Waals surface area contributed by atoms with Crippen molar-refractivity contribution in [2.24, 2.45) is 0 Å². The number of hydrogen-bond donors (Lipinski definition) is 1. The minimum atomic E-state index is -4.40. The summed E-state index contributed by atoms with van der Waals surface area (Å²) >= 11 is 0. The highest BCUT2D eigenvalue weighted by atomic mass is 19.4. The highest BCUT2D eigenvalue weighted by Gasteiger charge is 2.30. The number of alkyl halides is 3. The number of rotatable bonds is 5. The lowest BCUT2D eigenvalue weighted by Crippen LogP contribution is -2.36. The SMILES string of the molecule is Cc1ccc(C)c(O[C@@H](C)C(=O)NCc2cccc(C(F)(F)F)c2)c1. The molecule has 2 rings (SSSR count). The molecule has 0 aliphatic heterocycles. The van der Waals surface area contributed by atoms with Crippen molar-refractivity contribution in [1.82, 2.24) is 5.32 Å². The molecule has 25 heavy (non-hydrogen) atoms. The van der Waals surface area contributed by atoms with Crippen LogP contribution in [0.2, 0.25) is 0 Å². The van der Waals surface area contributed by atoms with E-state index in [9.17, 15) is 18.0 Å². The Bertz CT molecular complexity index is 757. The number of ether oxygens (including phenoxy) is 1. The molecular formula is C19H20F3NO2. The van der Waals surface area contributed by atoms with Gasteiger partial charge in [-0.05, 0) is 55.7 Å². The summed E-state index contributed by atoms with van der Waals surface area (Å²) in [5.41, 5.74) is 1.56. The molecule has 1 atom stereocenters. The predicted molar refractivity (Wildman–Crippen MR) is 89.3 cm³/mol. The summed E-state index contributed by atoms with van der Waals surface area (Å²) in [5.74, 6) is 0.222. The van der Waals surface area contributed by atoms with Gasteiger partial charge in [-0.1, -0.05) is 24.3 Å². The first-order chi connectivity index (χ1) is 11.7. The number of amides is 1. The van der Waals surface area contributed by atoms with E-state index in [1.54, 1.807) is 6.92 Å². The number of benzene rings is 2. The molecule has 0 aliphatic carbocycles. The van der Waals surface area contributed by atoms with Crippen molar-refractivity contribution in [2.75, 3.05) is 0 Å². The second-order valence-corrected chi connectivity index (χ2v) is 5.94. The van der Waals surface area contributed by atoms with Crippen molar-refractivity contribution in [3.05, 3.63) is 64.7 Å². The molecule has 0 spiro atoms. The Balaban J connectivity index is 1.97. The molecule has 0 fully saturated rings. The maximum atomic E-state index is 12.7. The van der Waals surface area contributed by atoms with E-state index >= 15 is 0 Å². The van der Waals surface area contributed by atoms with Crippen LogP contribution in [0, 0.1) is 13.8 Å². The summed E-state index contributed by atoms with van der Waals surface area (Å²) < 4.78 is 43.8. The summed E-state index contributed by atoms with van der Waals surface area (Å²) in [4.78, 5) is 12.1. The van der Waals surface area contributed by atoms with Crippen LogP contribution in [0.1, 0.15) is 29.2 Å². The Labute approximate surface area is 144 Å². The number of carbonyl (C=O) groups is 1. The van der Waals surface area contributed by atoms with Crippen LogP contribution in [0.15, 0.2) is 42.5 Å². The van der Waals surface area contributed by atoms with E-state index < -0.39 is 23.8 Å². The van der Waals surface area contributed by atoms with E-state index in [0.29, 0.717) is 11.3 Å². The molecular weight excluding hydrogens is 331 g/mol. The average Bonchev–Trinajstić information content (AvgIpc) is 2.55. The minimum Gasteiger partial charge on any atom is -0.481 e. The molecule has 134 valence electrons. The minimum absolute atomic E-state index is 0.00323. The summed E-state index contributed by atoms with van der Waals surface area (Å²) in [6.45, 7) is 5.40. The van der Waals surface area contributed by atoms with Gasteiger partial charge in [0.25, 0.3) is 5.91 Å². The fraction of sp³-hybridized carbons (Fsp3) is 0.316. The van der Waals surface area contributed by atoms with Crippen LogP contribution in [-0.4, -0.2) is 12.0 Å². The van der Waals surface area contributed by atoms with Crippen molar-refractivity contribution in [3.63, 3.8) is 0 Å². The lowest BCUT2D eigenvalue weighted by molar-refractivity contribution is -0.137. The Hall–Kier alpha value is -2.50. The lowest BCUT2D eigenvalue weighted by Gasteiger charge is -2.17. The number of nitrogens with one attached hydrogen (secondary N) is 1. The van der Waals surface area contributed by atoms with Gasteiger partial charge in [-0.2, -0.15) is 13.2 Å². The first-order valence-corrected chi connectivity index (χ1v) is 7.84. The van der Waals surface area contributed by atoms with Crippen LogP contribution in [0.3, 0.4) is 0 Å². The maximum Gasteiger partial charge on any atom is 0.416 e. The van der Waals surface area contributed by atoms with Crippen LogP contribution in [0.25, 0.3) is 0 Å². The third-order valence-corrected chi connectivity index (χ3v) is 3.74. The van der Waals surface area contributed by atoms with Crippen molar-refractivity contribution in [2.45, 2.75) is 39.6 Å². The molecule has 2 aromatic rings. The highest BCUT2D eigenvalue weighted by molar-refractivity contribution is 5.80. The first-order valence-electron chi connectivity index (χ1n) is 7.84. The maximum absolute atomic E-state index is 12.7. The topological polar surface area (TPSA) is 38.3 Å². The monoisotopic (exact) mass is 351 g/mol. The van der Waals surface area contributed by atoms with Crippen LogP contribution >= 0.6 is 0 Å². The van der Waals surface area contributed by atoms with E-state index in [1.165, 1.54) is 12.1 Å². The Morgan fingerprint density at radius 2 is 1.88 bits per heavy atom. The molecule has 1 N–H and O–H groups in total. The largest absolute Gasteiger partial charge is 0.481 e. The molecule has 0 aromatic heterocycles. The molecule has 0 saturated heterocycles. The zero-order valence-corrected chi connectivity index (χ0v) is 14.3. The van der Waals surface area contributed by atoms with E-state index in [2.05, 4.69) is 5.32 Å².